The first-order chi connectivity index (χ1) is 8.10. The van der Waals surface area contributed by atoms with Crippen molar-refractivity contribution in [1.82, 2.24) is 4.90 Å². The second-order valence-electron chi connectivity index (χ2n) is 5.07. The van der Waals surface area contributed by atoms with E-state index in [0.29, 0.717) is 12.1 Å². The maximum atomic E-state index is 5.39. The molecule has 1 saturated heterocycles. The fourth-order valence-corrected chi connectivity index (χ4v) is 2.45. The molecule has 1 fully saturated rings. The molecule has 0 saturated carbocycles. The van der Waals surface area contributed by atoms with Crippen LogP contribution < -0.4 is 10.1 Å². The van der Waals surface area contributed by atoms with Gasteiger partial charge in [0.05, 0.1) is 12.8 Å². The summed E-state index contributed by atoms with van der Waals surface area (Å²) in [4.78, 5) is 2.39. The zero-order valence-corrected chi connectivity index (χ0v) is 11.2. The van der Waals surface area contributed by atoms with Crippen LogP contribution >= 0.6 is 0 Å². The molecule has 0 bridgehead atoms. The molecule has 1 aliphatic rings. The van der Waals surface area contributed by atoms with Gasteiger partial charge in [0.2, 0.25) is 0 Å². The quantitative estimate of drug-likeness (QED) is 0.869. The van der Waals surface area contributed by atoms with E-state index < -0.39 is 0 Å². The molecule has 94 valence electrons. The maximum Gasteiger partial charge on any atom is 0.141 e. The molecule has 2 rings (SSSR count). The van der Waals surface area contributed by atoms with Gasteiger partial charge in [-0.2, -0.15) is 0 Å². The number of aryl methyl sites for hydroxylation is 1. The Bertz CT molecular complexity index is 382. The van der Waals surface area contributed by atoms with Crippen LogP contribution in [0.4, 0.5) is 5.69 Å². The van der Waals surface area contributed by atoms with Crippen LogP contribution in [0.5, 0.6) is 5.75 Å². The fourth-order valence-electron chi connectivity index (χ4n) is 2.45. The summed E-state index contributed by atoms with van der Waals surface area (Å²) < 4.78 is 5.39. The molecule has 1 heterocycles. The van der Waals surface area contributed by atoms with Gasteiger partial charge in [-0.1, -0.05) is 6.07 Å². The highest BCUT2D eigenvalue weighted by Crippen LogP contribution is 2.28. The first-order valence-corrected chi connectivity index (χ1v) is 6.21. The third kappa shape index (κ3) is 2.72. The van der Waals surface area contributed by atoms with Crippen molar-refractivity contribution in [2.45, 2.75) is 32.4 Å². The third-order valence-electron chi connectivity index (χ3n) is 3.60. The van der Waals surface area contributed by atoms with E-state index in [1.807, 2.05) is 6.07 Å². The van der Waals surface area contributed by atoms with Gasteiger partial charge in [0, 0.05) is 18.6 Å². The lowest BCUT2D eigenvalue weighted by atomic mass is 10.1. The van der Waals surface area contributed by atoms with Crippen LogP contribution in [-0.4, -0.2) is 37.7 Å². The summed E-state index contributed by atoms with van der Waals surface area (Å²) >= 11 is 0. The van der Waals surface area contributed by atoms with Gasteiger partial charge in [-0.15, -0.1) is 0 Å². The number of nitrogens with one attached hydrogen (secondary N) is 1. The Hall–Kier alpha value is -1.22. The van der Waals surface area contributed by atoms with E-state index in [-0.39, 0.29) is 0 Å². The summed E-state index contributed by atoms with van der Waals surface area (Å²) in [5.41, 5.74) is 2.37. The lowest BCUT2D eigenvalue weighted by molar-refractivity contribution is 0.330. The number of likely N-dealkylation sites (N-methyl/N-ethyl adjacent to an activating group) is 1. The summed E-state index contributed by atoms with van der Waals surface area (Å²) in [6.45, 7) is 5.47. The molecule has 3 nitrogen and oxygen atoms in total. The van der Waals surface area contributed by atoms with Gasteiger partial charge >= 0.3 is 0 Å². The molecule has 1 aromatic carbocycles. The Labute approximate surface area is 104 Å². The van der Waals surface area contributed by atoms with E-state index in [2.05, 4.69) is 43.2 Å². The number of hydrogen-bond acceptors (Lipinski definition) is 3. The van der Waals surface area contributed by atoms with Crippen LogP contribution in [0.2, 0.25) is 0 Å². The molecule has 1 aliphatic heterocycles. The monoisotopic (exact) mass is 234 g/mol. The van der Waals surface area contributed by atoms with Crippen molar-refractivity contribution in [1.29, 1.82) is 0 Å². The summed E-state index contributed by atoms with van der Waals surface area (Å²) in [6.07, 6.45) is 1.19. The predicted octanol–water partition coefficient (Wildman–Crippen LogP) is 2.51. The van der Waals surface area contributed by atoms with Crippen LogP contribution in [0.1, 0.15) is 18.9 Å². The van der Waals surface area contributed by atoms with E-state index >= 15 is 0 Å². The van der Waals surface area contributed by atoms with Gasteiger partial charge < -0.3 is 15.0 Å². The Morgan fingerprint density at radius 1 is 1.41 bits per heavy atom. The molecular formula is C14H22N2O. The Morgan fingerprint density at radius 2 is 2.18 bits per heavy atom. The highest BCUT2D eigenvalue weighted by atomic mass is 16.5. The van der Waals surface area contributed by atoms with Gasteiger partial charge in [-0.25, -0.2) is 0 Å². The minimum absolute atomic E-state index is 0.519. The molecule has 0 aromatic heterocycles. The van der Waals surface area contributed by atoms with E-state index in [9.17, 15) is 0 Å². The van der Waals surface area contributed by atoms with Crippen LogP contribution in [0.25, 0.3) is 0 Å². The molecule has 0 spiro atoms. The highest BCUT2D eigenvalue weighted by Gasteiger charge is 2.26. The van der Waals surface area contributed by atoms with Crippen molar-refractivity contribution in [3.05, 3.63) is 23.8 Å². The molecule has 2 unspecified atom stereocenters. The molecule has 0 aliphatic carbocycles. The standard InChI is InChI=1S/C14H22N2O/c1-10-5-6-14(17-4)13(7-10)15-12-8-11(2)16(3)9-12/h5-7,11-12,15H,8-9H2,1-4H3. The molecule has 0 radical (unpaired) electrons. The first kappa shape index (κ1) is 12.2. The van der Waals surface area contributed by atoms with Gasteiger partial charge in [-0.3, -0.25) is 0 Å². The lowest BCUT2D eigenvalue weighted by Gasteiger charge is -2.17. The van der Waals surface area contributed by atoms with Crippen molar-refractivity contribution in [3.63, 3.8) is 0 Å². The molecule has 2 atom stereocenters. The summed E-state index contributed by atoms with van der Waals surface area (Å²) in [6, 6.07) is 7.43. The SMILES string of the molecule is COc1ccc(C)cc1NC1CC(C)N(C)C1. The Balaban J connectivity index is 2.10. The number of ether oxygens (including phenoxy) is 1. The van der Waals surface area contributed by atoms with E-state index in [1.54, 1.807) is 7.11 Å². The summed E-state index contributed by atoms with van der Waals surface area (Å²) in [5, 5.41) is 3.60. The summed E-state index contributed by atoms with van der Waals surface area (Å²) in [5.74, 6) is 0.929. The minimum atomic E-state index is 0.519. The molecule has 1 aromatic rings. The van der Waals surface area contributed by atoms with Gasteiger partial charge in [0.1, 0.15) is 5.75 Å². The average Bonchev–Trinajstić information content (AvgIpc) is 2.58. The van der Waals surface area contributed by atoms with Crippen molar-refractivity contribution < 1.29 is 4.74 Å². The zero-order chi connectivity index (χ0) is 12.4. The zero-order valence-electron chi connectivity index (χ0n) is 11.2. The number of hydrogen-bond donors (Lipinski definition) is 1. The first-order valence-electron chi connectivity index (χ1n) is 6.21. The van der Waals surface area contributed by atoms with Gasteiger partial charge in [-0.05, 0) is 45.0 Å². The van der Waals surface area contributed by atoms with Crippen LogP contribution in [0.3, 0.4) is 0 Å². The van der Waals surface area contributed by atoms with E-state index in [0.717, 1.165) is 18.0 Å². The smallest absolute Gasteiger partial charge is 0.141 e. The normalized spacial score (nSPS) is 24.9. The number of nitrogens with zero attached hydrogens (tertiary/aromatic N) is 1. The lowest BCUT2D eigenvalue weighted by Crippen LogP contribution is -2.25. The molecule has 17 heavy (non-hydrogen) atoms. The Kier molecular flexibility index (Phi) is 3.57. The number of anilines is 1. The highest BCUT2D eigenvalue weighted by molar-refractivity contribution is 5.58. The molecule has 0 amide bonds. The van der Waals surface area contributed by atoms with E-state index in [1.165, 1.54) is 12.0 Å². The topological polar surface area (TPSA) is 24.5 Å². The van der Waals surface area contributed by atoms with Crippen molar-refractivity contribution in [2.24, 2.45) is 0 Å². The predicted molar refractivity (Wildman–Crippen MR) is 71.9 cm³/mol. The van der Waals surface area contributed by atoms with Crippen LogP contribution in [-0.2, 0) is 0 Å². The average molecular weight is 234 g/mol. The molecular weight excluding hydrogens is 212 g/mol. The number of benzene rings is 1. The minimum Gasteiger partial charge on any atom is -0.495 e. The summed E-state index contributed by atoms with van der Waals surface area (Å²) in [7, 11) is 3.90. The largest absolute Gasteiger partial charge is 0.495 e. The molecule has 1 N–H and O–H groups in total. The third-order valence-corrected chi connectivity index (χ3v) is 3.60. The number of rotatable bonds is 3. The van der Waals surface area contributed by atoms with Crippen molar-refractivity contribution in [3.8, 4) is 5.75 Å². The van der Waals surface area contributed by atoms with Crippen molar-refractivity contribution in [2.75, 3.05) is 26.0 Å². The van der Waals surface area contributed by atoms with Crippen molar-refractivity contribution >= 4 is 5.69 Å². The second kappa shape index (κ2) is 4.96. The second-order valence-corrected chi connectivity index (χ2v) is 5.07. The van der Waals surface area contributed by atoms with Gasteiger partial charge in [0.15, 0.2) is 0 Å². The number of likely N-dealkylation sites (tertiary alicyclic amines) is 1. The van der Waals surface area contributed by atoms with Crippen LogP contribution in [0.15, 0.2) is 18.2 Å². The van der Waals surface area contributed by atoms with E-state index in [4.69, 9.17) is 4.74 Å². The Morgan fingerprint density at radius 3 is 2.76 bits per heavy atom. The number of methoxy groups -OCH3 is 1. The fraction of sp³-hybridized carbons (Fsp3) is 0.571. The van der Waals surface area contributed by atoms with Crippen LogP contribution in [0, 0.1) is 6.92 Å². The van der Waals surface area contributed by atoms with Gasteiger partial charge in [0.25, 0.3) is 0 Å². The maximum absolute atomic E-state index is 5.39. The molecule has 3 heteroatoms.